The average molecular weight is 214 g/mol. The molecule has 2 N–H and O–H groups in total. The minimum atomic E-state index is 0.587. The zero-order chi connectivity index (χ0) is 11.7. The summed E-state index contributed by atoms with van der Waals surface area (Å²) in [5.41, 5.74) is 10.6. The maximum Gasteiger partial charge on any atom is 0.0488 e. The Bertz CT molecular complexity index is 547. The summed E-state index contributed by atoms with van der Waals surface area (Å²) in [6.07, 6.45) is 4.04. The van der Waals surface area contributed by atoms with Crippen molar-refractivity contribution in [1.29, 1.82) is 0 Å². The van der Waals surface area contributed by atoms with E-state index < -0.39 is 0 Å². The molecule has 0 fully saturated rings. The fraction of sp³-hybridized carbons (Fsp3) is 0.286. The highest BCUT2D eigenvalue weighted by Gasteiger charge is 2.07. The summed E-state index contributed by atoms with van der Waals surface area (Å²) >= 11 is 0. The van der Waals surface area contributed by atoms with Crippen LogP contribution in [0.15, 0.2) is 24.3 Å². The molecule has 84 valence electrons. The summed E-state index contributed by atoms with van der Waals surface area (Å²) in [6.45, 7) is 4.92. The van der Waals surface area contributed by atoms with Gasteiger partial charge in [0, 0.05) is 30.2 Å². The third-order valence-corrected chi connectivity index (χ3v) is 3.28. The number of benzene rings is 1. The van der Waals surface area contributed by atoms with Crippen molar-refractivity contribution in [3.8, 4) is 0 Å². The van der Waals surface area contributed by atoms with Crippen molar-refractivity contribution in [1.82, 2.24) is 4.57 Å². The molecule has 0 atom stereocenters. The number of nitrogens with zero attached hydrogens (tertiary/aromatic N) is 1. The molecule has 16 heavy (non-hydrogen) atoms. The Morgan fingerprint density at radius 1 is 1.31 bits per heavy atom. The van der Waals surface area contributed by atoms with Gasteiger partial charge in [-0.1, -0.05) is 24.3 Å². The standard InChI is InChI=1S/C14H18N2/c1-10-11(2)16(3)14-9-12(5-4-8-15)6-7-13(10)14/h4-7,9H,8,15H2,1-3H3/b5-4+. The number of nitrogens with two attached hydrogens (primary N) is 1. The Kier molecular flexibility index (Phi) is 2.84. The summed E-state index contributed by atoms with van der Waals surface area (Å²) in [6, 6.07) is 6.54. The minimum absolute atomic E-state index is 0.587. The summed E-state index contributed by atoms with van der Waals surface area (Å²) in [4.78, 5) is 0. The normalized spacial score (nSPS) is 11.8. The quantitative estimate of drug-likeness (QED) is 0.818. The second kappa shape index (κ2) is 4.14. The van der Waals surface area contributed by atoms with E-state index in [1.54, 1.807) is 0 Å². The largest absolute Gasteiger partial charge is 0.348 e. The van der Waals surface area contributed by atoms with E-state index in [9.17, 15) is 0 Å². The molecule has 0 aliphatic rings. The van der Waals surface area contributed by atoms with E-state index in [2.05, 4.69) is 49.7 Å². The van der Waals surface area contributed by atoms with Gasteiger partial charge in [0.15, 0.2) is 0 Å². The van der Waals surface area contributed by atoms with E-state index in [-0.39, 0.29) is 0 Å². The molecule has 0 unspecified atom stereocenters. The maximum absolute atomic E-state index is 5.46. The first kappa shape index (κ1) is 11.0. The van der Waals surface area contributed by atoms with E-state index in [1.165, 1.54) is 27.7 Å². The van der Waals surface area contributed by atoms with Gasteiger partial charge in [-0.05, 0) is 31.0 Å². The molecule has 0 aliphatic carbocycles. The Morgan fingerprint density at radius 2 is 2.06 bits per heavy atom. The SMILES string of the molecule is Cc1c(C)n(C)c2cc(/C=C/CN)ccc12. The smallest absolute Gasteiger partial charge is 0.0488 e. The zero-order valence-corrected chi connectivity index (χ0v) is 10.1. The predicted molar refractivity (Wildman–Crippen MR) is 70.5 cm³/mol. The van der Waals surface area contributed by atoms with E-state index >= 15 is 0 Å². The molecule has 2 aromatic rings. The van der Waals surface area contributed by atoms with Gasteiger partial charge < -0.3 is 10.3 Å². The second-order valence-electron chi connectivity index (χ2n) is 4.18. The molecule has 0 amide bonds. The van der Waals surface area contributed by atoms with Crippen LogP contribution in [0, 0.1) is 13.8 Å². The van der Waals surface area contributed by atoms with Crippen LogP contribution in [0.4, 0.5) is 0 Å². The third kappa shape index (κ3) is 1.65. The van der Waals surface area contributed by atoms with Gasteiger partial charge in [-0.3, -0.25) is 0 Å². The minimum Gasteiger partial charge on any atom is -0.348 e. The Labute approximate surface area is 96.4 Å². The molecule has 1 aromatic carbocycles. The van der Waals surface area contributed by atoms with Gasteiger partial charge >= 0.3 is 0 Å². The fourth-order valence-corrected chi connectivity index (χ4v) is 2.08. The van der Waals surface area contributed by atoms with Crippen LogP contribution in [0.3, 0.4) is 0 Å². The molecule has 0 spiro atoms. The lowest BCUT2D eigenvalue weighted by Gasteiger charge is -1.99. The summed E-state index contributed by atoms with van der Waals surface area (Å²) in [5, 5.41) is 1.34. The number of fused-ring (bicyclic) bond motifs is 1. The highest BCUT2D eigenvalue weighted by atomic mass is 14.9. The van der Waals surface area contributed by atoms with Gasteiger partial charge in [-0.25, -0.2) is 0 Å². The second-order valence-corrected chi connectivity index (χ2v) is 4.18. The molecule has 0 saturated carbocycles. The van der Waals surface area contributed by atoms with Crippen molar-refractivity contribution in [3.63, 3.8) is 0 Å². The van der Waals surface area contributed by atoms with E-state index in [1.807, 2.05) is 6.08 Å². The van der Waals surface area contributed by atoms with Crippen LogP contribution in [0.2, 0.25) is 0 Å². The molecule has 2 nitrogen and oxygen atoms in total. The van der Waals surface area contributed by atoms with E-state index in [0.29, 0.717) is 6.54 Å². The van der Waals surface area contributed by atoms with Crippen LogP contribution in [0.1, 0.15) is 16.8 Å². The molecule has 0 bridgehead atoms. The first-order valence-electron chi connectivity index (χ1n) is 5.57. The van der Waals surface area contributed by atoms with Crippen molar-refractivity contribution in [2.24, 2.45) is 12.8 Å². The summed E-state index contributed by atoms with van der Waals surface area (Å²) in [7, 11) is 2.11. The summed E-state index contributed by atoms with van der Waals surface area (Å²) < 4.78 is 2.24. The van der Waals surface area contributed by atoms with Crippen LogP contribution in [0.25, 0.3) is 17.0 Å². The number of hydrogen-bond acceptors (Lipinski definition) is 1. The van der Waals surface area contributed by atoms with Gasteiger partial charge in [-0.2, -0.15) is 0 Å². The summed E-state index contributed by atoms with van der Waals surface area (Å²) in [5.74, 6) is 0. The Morgan fingerprint density at radius 3 is 2.75 bits per heavy atom. The number of aryl methyl sites for hydroxylation is 2. The molecule has 0 saturated heterocycles. The van der Waals surface area contributed by atoms with Crippen LogP contribution in [-0.2, 0) is 7.05 Å². The van der Waals surface area contributed by atoms with Crippen LogP contribution in [-0.4, -0.2) is 11.1 Å². The molecule has 2 rings (SSSR count). The number of rotatable bonds is 2. The highest BCUT2D eigenvalue weighted by Crippen LogP contribution is 2.25. The Hall–Kier alpha value is -1.54. The van der Waals surface area contributed by atoms with Gasteiger partial charge in [-0.15, -0.1) is 0 Å². The fourth-order valence-electron chi connectivity index (χ4n) is 2.08. The van der Waals surface area contributed by atoms with Crippen molar-refractivity contribution in [2.45, 2.75) is 13.8 Å². The van der Waals surface area contributed by atoms with Crippen LogP contribution < -0.4 is 5.73 Å². The number of hydrogen-bond donors (Lipinski definition) is 1. The zero-order valence-electron chi connectivity index (χ0n) is 10.1. The van der Waals surface area contributed by atoms with E-state index in [4.69, 9.17) is 5.73 Å². The lowest BCUT2D eigenvalue weighted by molar-refractivity contribution is 0.910. The van der Waals surface area contributed by atoms with Crippen molar-refractivity contribution >= 4 is 17.0 Å². The predicted octanol–water partition coefficient (Wildman–Crippen LogP) is 2.77. The van der Waals surface area contributed by atoms with Crippen molar-refractivity contribution in [2.75, 3.05) is 6.54 Å². The first-order chi connectivity index (χ1) is 7.65. The molecular formula is C14H18N2. The molecule has 1 aromatic heterocycles. The molecule has 0 radical (unpaired) electrons. The highest BCUT2D eigenvalue weighted by molar-refractivity contribution is 5.87. The van der Waals surface area contributed by atoms with Gasteiger partial charge in [0.25, 0.3) is 0 Å². The lowest BCUT2D eigenvalue weighted by Crippen LogP contribution is -1.92. The van der Waals surface area contributed by atoms with Crippen molar-refractivity contribution < 1.29 is 0 Å². The monoisotopic (exact) mass is 214 g/mol. The van der Waals surface area contributed by atoms with Gasteiger partial charge in [0.1, 0.15) is 0 Å². The van der Waals surface area contributed by atoms with Crippen LogP contribution >= 0.6 is 0 Å². The molecule has 2 heteroatoms. The molecule has 1 heterocycles. The van der Waals surface area contributed by atoms with Gasteiger partial charge in [0.05, 0.1) is 0 Å². The maximum atomic E-state index is 5.46. The molecular weight excluding hydrogens is 196 g/mol. The van der Waals surface area contributed by atoms with Crippen molar-refractivity contribution in [3.05, 3.63) is 41.1 Å². The first-order valence-corrected chi connectivity index (χ1v) is 5.57. The van der Waals surface area contributed by atoms with Gasteiger partial charge in [0.2, 0.25) is 0 Å². The third-order valence-electron chi connectivity index (χ3n) is 3.28. The Balaban J connectivity index is 2.62. The topological polar surface area (TPSA) is 30.9 Å². The van der Waals surface area contributed by atoms with Crippen LogP contribution in [0.5, 0.6) is 0 Å². The number of aromatic nitrogens is 1. The molecule has 0 aliphatic heterocycles. The average Bonchev–Trinajstić information content (AvgIpc) is 2.52. The lowest BCUT2D eigenvalue weighted by atomic mass is 10.1. The van der Waals surface area contributed by atoms with E-state index in [0.717, 1.165) is 0 Å².